The van der Waals surface area contributed by atoms with Crippen LogP contribution < -0.4 is 10.7 Å². The van der Waals surface area contributed by atoms with E-state index in [1.54, 1.807) is 25.9 Å². The van der Waals surface area contributed by atoms with Gasteiger partial charge in [-0.1, -0.05) is 40.7 Å². The van der Waals surface area contributed by atoms with Crippen LogP contribution >= 0.6 is 11.8 Å². The number of aromatic nitrogens is 1. The Morgan fingerprint density at radius 3 is 2.61 bits per heavy atom. The fraction of sp³-hybridized carbons (Fsp3) is 0.638. The van der Waals surface area contributed by atoms with Gasteiger partial charge in [-0.15, -0.1) is 11.8 Å². The Balaban J connectivity index is 1.24. The molecule has 2 aromatic rings. The summed E-state index contributed by atoms with van der Waals surface area (Å²) >= 11 is 1.57. The first kappa shape index (κ1) is 47.2. The van der Waals surface area contributed by atoms with Gasteiger partial charge in [0.1, 0.15) is 18.1 Å². The van der Waals surface area contributed by atoms with Crippen molar-refractivity contribution >= 4 is 69.3 Å². The SMILES string of the molecule is COC(=O)N1C[C@H](C)[C@H](C(=O)N(C)[C@H](C(=O)N[C@H]2CC3=NC(CS3)c3ccc4c(c3)c(c(C3=C([C@H](C)OC)N=CCC3)n4C)CC(C)(C)COC(=O)[C@@H]3CCCN(N3)C2=O)C(C)C)C1. The van der Waals surface area contributed by atoms with E-state index in [2.05, 4.69) is 54.4 Å². The van der Waals surface area contributed by atoms with Crippen LogP contribution in [0.2, 0.25) is 0 Å². The van der Waals surface area contributed by atoms with E-state index in [4.69, 9.17) is 24.2 Å². The van der Waals surface area contributed by atoms with Crippen molar-refractivity contribution in [3.63, 3.8) is 0 Å². The predicted molar refractivity (Wildman–Crippen MR) is 248 cm³/mol. The van der Waals surface area contributed by atoms with Crippen molar-refractivity contribution < 1.29 is 38.2 Å². The second-order valence-electron chi connectivity index (χ2n) is 19.2. The van der Waals surface area contributed by atoms with Gasteiger partial charge in [-0.05, 0) is 74.1 Å². The number of hydrogen-bond donors (Lipinski definition) is 2. The molecule has 348 valence electrons. The molecule has 1 aromatic carbocycles. The van der Waals surface area contributed by atoms with Gasteiger partial charge < -0.3 is 33.9 Å². The van der Waals surface area contributed by atoms with E-state index in [9.17, 15) is 24.0 Å². The van der Waals surface area contributed by atoms with Crippen LogP contribution in [0.4, 0.5) is 4.79 Å². The molecule has 1 unspecified atom stereocenters. The number of carbonyl (C=O) groups is 5. The Hall–Kier alpha value is -4.74. The number of esters is 1. The number of rotatable bonds is 8. The summed E-state index contributed by atoms with van der Waals surface area (Å²) in [6.07, 6.45) is 4.68. The number of cyclic esters (lactones) is 1. The van der Waals surface area contributed by atoms with E-state index < -0.39 is 53.3 Å². The number of aryl methyl sites for hydroxylation is 1. The van der Waals surface area contributed by atoms with Crippen LogP contribution in [-0.4, -0.2) is 138 Å². The smallest absolute Gasteiger partial charge is 0.409 e. The molecule has 0 radical (unpaired) electrons. The van der Waals surface area contributed by atoms with Crippen molar-refractivity contribution in [3.8, 4) is 0 Å². The Bertz CT molecular complexity index is 2250. The molecule has 0 aliphatic carbocycles. The summed E-state index contributed by atoms with van der Waals surface area (Å²) in [5.41, 5.74) is 9.12. The zero-order valence-corrected chi connectivity index (χ0v) is 39.9. The van der Waals surface area contributed by atoms with E-state index in [-0.39, 0.29) is 49.5 Å². The Morgan fingerprint density at radius 2 is 1.89 bits per heavy atom. The Kier molecular flexibility index (Phi) is 14.3. The first-order valence-corrected chi connectivity index (χ1v) is 23.6. The summed E-state index contributed by atoms with van der Waals surface area (Å²) in [7, 11) is 6.72. The quantitative estimate of drug-likeness (QED) is 0.332. The zero-order valence-electron chi connectivity index (χ0n) is 39.1. The number of amides is 4. The number of methoxy groups -OCH3 is 2. The number of nitrogens with zero attached hydrogens (tertiary/aromatic N) is 6. The van der Waals surface area contributed by atoms with E-state index >= 15 is 0 Å². The molecule has 0 saturated carbocycles. The molecular weight excluding hydrogens is 837 g/mol. The van der Waals surface area contributed by atoms with Gasteiger partial charge in [0.05, 0.1) is 42.5 Å². The first-order chi connectivity index (χ1) is 30.4. The number of aliphatic imine (C=N–C) groups is 2. The van der Waals surface area contributed by atoms with Crippen molar-refractivity contribution in [1.29, 1.82) is 0 Å². The highest BCUT2D eigenvalue weighted by Crippen LogP contribution is 2.42. The third-order valence-electron chi connectivity index (χ3n) is 13.5. The van der Waals surface area contributed by atoms with Gasteiger partial charge in [0, 0.05) is 86.8 Å². The number of hydrogen-bond acceptors (Lipinski definition) is 12. The van der Waals surface area contributed by atoms with E-state index in [1.807, 2.05) is 33.9 Å². The normalized spacial score (nSPS) is 26.1. The van der Waals surface area contributed by atoms with Gasteiger partial charge in [0.2, 0.25) is 11.8 Å². The maximum Gasteiger partial charge on any atom is 0.409 e. The molecule has 2 fully saturated rings. The molecule has 1 aromatic heterocycles. The summed E-state index contributed by atoms with van der Waals surface area (Å²) in [6.45, 7) is 12.9. The molecule has 2 N–H and O–H groups in total. The number of likely N-dealkylation sites (tertiary alicyclic amines) is 1. The minimum Gasteiger partial charge on any atom is -0.464 e. The van der Waals surface area contributed by atoms with Crippen molar-refractivity contribution in [3.05, 3.63) is 40.7 Å². The lowest BCUT2D eigenvalue weighted by Gasteiger charge is -2.37. The average Bonchev–Trinajstić information content (AvgIpc) is 3.99. The summed E-state index contributed by atoms with van der Waals surface area (Å²) < 4.78 is 19.1. The highest BCUT2D eigenvalue weighted by molar-refractivity contribution is 8.14. The molecule has 5 aliphatic rings. The number of allylic oxidation sites excluding steroid dienone is 1. The number of fused-ring (bicyclic) bond motifs is 5. The van der Waals surface area contributed by atoms with Crippen LogP contribution in [0.25, 0.3) is 16.5 Å². The second kappa shape index (κ2) is 19.4. The third-order valence-corrected chi connectivity index (χ3v) is 14.6. The first-order valence-electron chi connectivity index (χ1n) is 22.7. The standard InChI is InChI=1S/C47H66N8O8S/c1-26(2)40(53(8)43(57)33-23-54(22-27(33)3)46(60)62-10)42(56)50-35-20-38-49-36(24-64-38)29-15-16-37-31(19-29)32(41(52(37)7)30-13-11-17-48-39(30)28(4)61-9)21-47(5,6)25-63-45(59)34-14-12-18-55(51-34)44(35)58/h15-17,19,26-28,33-36,40,51H,11-14,18,20-25H2,1-10H3,(H,50,56)/t27-,28-,33+,34-,35-,36?,40-/m0/s1. The zero-order chi connectivity index (χ0) is 46.2. The number of hydrazine groups is 1. The number of benzene rings is 1. The monoisotopic (exact) mass is 902 g/mol. The number of nitrogens with one attached hydrogen (secondary N) is 2. The van der Waals surface area contributed by atoms with Crippen molar-refractivity contribution in [2.75, 3.05) is 53.3 Å². The maximum absolute atomic E-state index is 14.6. The molecular formula is C47H66N8O8S. The number of carbonyl (C=O) groups excluding carboxylic acids is 5. The van der Waals surface area contributed by atoms with Crippen LogP contribution in [-0.2, 0) is 46.9 Å². The molecule has 0 spiro atoms. The van der Waals surface area contributed by atoms with Gasteiger partial charge >= 0.3 is 12.1 Å². The topological polar surface area (TPSA) is 176 Å². The fourth-order valence-electron chi connectivity index (χ4n) is 10.0. The lowest BCUT2D eigenvalue weighted by atomic mass is 9.83. The third kappa shape index (κ3) is 9.62. The Labute approximate surface area is 380 Å². The van der Waals surface area contributed by atoms with E-state index in [1.165, 1.54) is 21.9 Å². The van der Waals surface area contributed by atoms with Crippen LogP contribution in [0.5, 0.6) is 0 Å². The van der Waals surface area contributed by atoms with Crippen molar-refractivity contribution in [1.82, 2.24) is 30.1 Å². The van der Waals surface area contributed by atoms with Gasteiger partial charge in [-0.25, -0.2) is 10.2 Å². The molecule has 7 atom stereocenters. The molecule has 7 rings (SSSR count). The fourth-order valence-corrected chi connectivity index (χ4v) is 11.1. The van der Waals surface area contributed by atoms with Crippen LogP contribution in [0, 0.1) is 23.2 Å². The Morgan fingerprint density at radius 1 is 1.12 bits per heavy atom. The molecule has 6 heterocycles. The summed E-state index contributed by atoms with van der Waals surface area (Å²) in [5, 5.41) is 6.30. The van der Waals surface area contributed by atoms with Gasteiger partial charge in [0.25, 0.3) is 5.91 Å². The number of likely N-dealkylation sites (N-methyl/N-ethyl adjacent to an activating group) is 1. The van der Waals surface area contributed by atoms with Crippen LogP contribution in [0.3, 0.4) is 0 Å². The van der Waals surface area contributed by atoms with Crippen molar-refractivity contribution in [2.24, 2.45) is 40.2 Å². The predicted octanol–water partition coefficient (Wildman–Crippen LogP) is 5.29. The lowest BCUT2D eigenvalue weighted by Crippen LogP contribution is -2.62. The summed E-state index contributed by atoms with van der Waals surface area (Å²) in [6, 6.07) is 3.60. The number of ether oxygens (including phenoxy) is 3. The minimum atomic E-state index is -1.05. The number of thioether (sulfide) groups is 1. The van der Waals surface area contributed by atoms with E-state index in [0.717, 1.165) is 56.9 Å². The van der Waals surface area contributed by atoms with Crippen molar-refractivity contribution in [2.45, 2.75) is 110 Å². The molecule has 2 saturated heterocycles. The second-order valence-corrected chi connectivity index (χ2v) is 20.3. The molecule has 16 nitrogen and oxygen atoms in total. The van der Waals surface area contributed by atoms with Gasteiger partial charge in [-0.3, -0.25) is 34.2 Å². The van der Waals surface area contributed by atoms with Gasteiger partial charge in [0.15, 0.2) is 0 Å². The maximum atomic E-state index is 14.6. The average molecular weight is 903 g/mol. The summed E-state index contributed by atoms with van der Waals surface area (Å²) in [5.74, 6) is -1.91. The highest BCUT2D eigenvalue weighted by atomic mass is 32.2. The molecule has 5 aliphatic heterocycles. The van der Waals surface area contributed by atoms with E-state index in [0.29, 0.717) is 38.1 Å². The largest absolute Gasteiger partial charge is 0.464 e. The lowest BCUT2D eigenvalue weighted by molar-refractivity contribution is -0.155. The molecule has 4 amide bonds. The minimum absolute atomic E-state index is 0.127. The molecule has 64 heavy (non-hydrogen) atoms. The van der Waals surface area contributed by atoms with Crippen LogP contribution in [0.1, 0.15) is 96.5 Å². The molecule has 6 bridgehead atoms. The van der Waals surface area contributed by atoms with Gasteiger partial charge in [-0.2, -0.15) is 0 Å². The molecule has 17 heteroatoms. The highest BCUT2D eigenvalue weighted by Gasteiger charge is 2.43. The van der Waals surface area contributed by atoms with Crippen LogP contribution in [0.15, 0.2) is 33.9 Å². The summed E-state index contributed by atoms with van der Waals surface area (Å²) in [4.78, 5) is 82.3.